The van der Waals surface area contributed by atoms with E-state index in [1.165, 1.54) is 0 Å². The highest BCUT2D eigenvalue weighted by Gasteiger charge is 2.38. The molecule has 1 heterocycles. The van der Waals surface area contributed by atoms with E-state index in [2.05, 4.69) is 4.98 Å². The second kappa shape index (κ2) is 3.39. The Hall–Kier alpha value is -1.27. The zero-order chi connectivity index (χ0) is 11.9. The second-order valence-corrected chi connectivity index (χ2v) is 2.88. The first-order chi connectivity index (χ1) is 6.62. The molecule has 0 radical (unpaired) electrons. The fraction of sp³-hybridized carbons (Fsp3) is 0.375. The van der Waals surface area contributed by atoms with Crippen molar-refractivity contribution >= 4 is 0 Å². The van der Waals surface area contributed by atoms with Crippen LogP contribution < -0.4 is 0 Å². The SMILES string of the molecule is Cc1cnc(C(F)(F)F)cc1C(F)(F)F. The Morgan fingerprint density at radius 3 is 1.93 bits per heavy atom. The molecule has 7 heteroatoms. The molecular weight excluding hydrogens is 224 g/mol. The van der Waals surface area contributed by atoms with Crippen molar-refractivity contribution in [1.29, 1.82) is 0 Å². The highest BCUT2D eigenvalue weighted by molar-refractivity contribution is 5.29. The van der Waals surface area contributed by atoms with Crippen LogP contribution >= 0.6 is 0 Å². The molecule has 84 valence electrons. The number of hydrogen-bond donors (Lipinski definition) is 0. The Kier molecular flexibility index (Phi) is 2.67. The van der Waals surface area contributed by atoms with Crippen LogP contribution in [0.15, 0.2) is 12.3 Å². The van der Waals surface area contributed by atoms with Gasteiger partial charge in [0, 0.05) is 6.20 Å². The van der Waals surface area contributed by atoms with Gasteiger partial charge in [-0.2, -0.15) is 26.3 Å². The molecule has 0 aliphatic rings. The average Bonchev–Trinajstić information content (AvgIpc) is 2.00. The molecule has 0 bridgehead atoms. The van der Waals surface area contributed by atoms with Gasteiger partial charge in [-0.1, -0.05) is 0 Å². The van der Waals surface area contributed by atoms with E-state index in [1.54, 1.807) is 0 Å². The number of aromatic nitrogens is 1. The fourth-order valence-corrected chi connectivity index (χ4v) is 0.984. The molecule has 0 aromatic carbocycles. The molecule has 0 amide bonds. The third kappa shape index (κ3) is 2.60. The van der Waals surface area contributed by atoms with Crippen LogP contribution in [0.5, 0.6) is 0 Å². The molecule has 0 spiro atoms. The third-order valence-electron chi connectivity index (χ3n) is 1.70. The predicted molar refractivity (Wildman–Crippen MR) is 39.0 cm³/mol. The minimum Gasteiger partial charge on any atom is -0.251 e. The summed E-state index contributed by atoms with van der Waals surface area (Å²) < 4.78 is 72.8. The second-order valence-electron chi connectivity index (χ2n) is 2.88. The summed E-state index contributed by atoms with van der Waals surface area (Å²) in [5, 5.41) is 0. The van der Waals surface area contributed by atoms with E-state index in [0.29, 0.717) is 6.20 Å². The summed E-state index contributed by atoms with van der Waals surface area (Å²) in [7, 11) is 0. The maximum atomic E-state index is 12.2. The monoisotopic (exact) mass is 229 g/mol. The Bertz CT molecular complexity index is 364. The van der Waals surface area contributed by atoms with Crippen molar-refractivity contribution in [2.45, 2.75) is 19.3 Å². The van der Waals surface area contributed by atoms with E-state index in [1.807, 2.05) is 0 Å². The van der Waals surface area contributed by atoms with E-state index in [0.717, 1.165) is 6.92 Å². The molecule has 15 heavy (non-hydrogen) atoms. The topological polar surface area (TPSA) is 12.9 Å². The number of aryl methyl sites for hydroxylation is 1. The van der Waals surface area contributed by atoms with Gasteiger partial charge in [0.05, 0.1) is 5.56 Å². The van der Waals surface area contributed by atoms with Gasteiger partial charge in [-0.25, -0.2) is 0 Å². The third-order valence-corrected chi connectivity index (χ3v) is 1.70. The first-order valence-corrected chi connectivity index (χ1v) is 3.73. The maximum absolute atomic E-state index is 12.2. The van der Waals surface area contributed by atoms with Crippen molar-refractivity contribution in [3.8, 4) is 0 Å². The van der Waals surface area contributed by atoms with E-state index in [4.69, 9.17) is 0 Å². The van der Waals surface area contributed by atoms with Crippen molar-refractivity contribution < 1.29 is 26.3 Å². The summed E-state index contributed by atoms with van der Waals surface area (Å²) in [4.78, 5) is 2.90. The predicted octanol–water partition coefficient (Wildman–Crippen LogP) is 3.43. The van der Waals surface area contributed by atoms with Gasteiger partial charge in [-0.15, -0.1) is 0 Å². The minimum absolute atomic E-state index is 0.00926. The van der Waals surface area contributed by atoms with Gasteiger partial charge in [0.15, 0.2) is 0 Å². The summed E-state index contributed by atoms with van der Waals surface area (Å²) in [6, 6.07) is 0.00926. The van der Waals surface area contributed by atoms with Crippen molar-refractivity contribution in [3.63, 3.8) is 0 Å². The van der Waals surface area contributed by atoms with Crippen LogP contribution in [0.1, 0.15) is 16.8 Å². The standard InChI is InChI=1S/C8H5F6N/c1-4-3-15-6(8(12,13)14)2-5(4)7(9,10)11/h2-3H,1H3. The van der Waals surface area contributed by atoms with Gasteiger partial charge < -0.3 is 0 Å². The number of halogens is 6. The van der Waals surface area contributed by atoms with Crippen LogP contribution in [0.25, 0.3) is 0 Å². The van der Waals surface area contributed by atoms with Gasteiger partial charge in [-0.3, -0.25) is 4.98 Å². The minimum atomic E-state index is -4.87. The van der Waals surface area contributed by atoms with Crippen LogP contribution in [-0.4, -0.2) is 4.98 Å². The molecule has 0 aliphatic heterocycles. The molecule has 1 nitrogen and oxygen atoms in total. The van der Waals surface area contributed by atoms with Crippen LogP contribution in [0.2, 0.25) is 0 Å². The van der Waals surface area contributed by atoms with Crippen molar-refractivity contribution in [1.82, 2.24) is 4.98 Å². The molecular formula is C8H5F6N. The molecule has 1 rings (SSSR count). The van der Waals surface area contributed by atoms with E-state index >= 15 is 0 Å². The van der Waals surface area contributed by atoms with E-state index in [9.17, 15) is 26.3 Å². The molecule has 0 fully saturated rings. The lowest BCUT2D eigenvalue weighted by Gasteiger charge is -2.12. The van der Waals surface area contributed by atoms with Gasteiger partial charge >= 0.3 is 12.4 Å². The molecule has 0 saturated heterocycles. The van der Waals surface area contributed by atoms with Gasteiger partial charge in [-0.05, 0) is 18.6 Å². The summed E-state index contributed by atoms with van der Waals surface area (Å²) in [5.74, 6) is 0. The van der Waals surface area contributed by atoms with Crippen LogP contribution in [0.3, 0.4) is 0 Å². The number of nitrogens with zero attached hydrogens (tertiary/aromatic N) is 1. The Morgan fingerprint density at radius 1 is 1.00 bits per heavy atom. The smallest absolute Gasteiger partial charge is 0.251 e. The lowest BCUT2D eigenvalue weighted by Crippen LogP contribution is -2.14. The zero-order valence-corrected chi connectivity index (χ0v) is 7.37. The summed E-state index contributed by atoms with van der Waals surface area (Å²) in [6.07, 6.45) is -9.10. The van der Waals surface area contributed by atoms with E-state index in [-0.39, 0.29) is 11.6 Å². The van der Waals surface area contributed by atoms with E-state index < -0.39 is 23.6 Å². The Morgan fingerprint density at radius 2 is 1.53 bits per heavy atom. The van der Waals surface area contributed by atoms with Crippen LogP contribution in [0.4, 0.5) is 26.3 Å². The van der Waals surface area contributed by atoms with Crippen LogP contribution in [-0.2, 0) is 12.4 Å². The molecule has 1 aromatic rings. The van der Waals surface area contributed by atoms with Gasteiger partial charge in [0.25, 0.3) is 0 Å². The lowest BCUT2D eigenvalue weighted by molar-refractivity contribution is -0.145. The summed E-state index contributed by atoms with van der Waals surface area (Å²) in [6.45, 7) is 1.05. The maximum Gasteiger partial charge on any atom is 0.433 e. The molecule has 0 atom stereocenters. The quantitative estimate of drug-likeness (QED) is 0.621. The zero-order valence-electron chi connectivity index (χ0n) is 7.37. The summed E-state index contributed by atoms with van der Waals surface area (Å²) in [5.41, 5.74) is -3.19. The highest BCUT2D eigenvalue weighted by atomic mass is 19.4. The number of hydrogen-bond acceptors (Lipinski definition) is 1. The number of alkyl halides is 6. The molecule has 0 N–H and O–H groups in total. The van der Waals surface area contributed by atoms with Gasteiger partial charge in [0.2, 0.25) is 0 Å². The van der Waals surface area contributed by atoms with Gasteiger partial charge in [0.1, 0.15) is 5.69 Å². The Labute approximate surface area is 80.7 Å². The number of rotatable bonds is 0. The van der Waals surface area contributed by atoms with Crippen LogP contribution in [0, 0.1) is 6.92 Å². The highest BCUT2D eigenvalue weighted by Crippen LogP contribution is 2.35. The molecule has 0 unspecified atom stereocenters. The molecule has 0 aliphatic carbocycles. The fourth-order valence-electron chi connectivity index (χ4n) is 0.984. The Balaban J connectivity index is 3.30. The molecule has 1 aromatic heterocycles. The first kappa shape index (κ1) is 11.8. The van der Waals surface area contributed by atoms with Crippen molar-refractivity contribution in [2.24, 2.45) is 0 Å². The summed E-state index contributed by atoms with van der Waals surface area (Å²) >= 11 is 0. The largest absolute Gasteiger partial charge is 0.433 e. The first-order valence-electron chi connectivity index (χ1n) is 3.73. The normalized spacial score (nSPS) is 13.0. The lowest BCUT2D eigenvalue weighted by atomic mass is 10.1. The molecule has 0 saturated carbocycles. The van der Waals surface area contributed by atoms with Crippen molar-refractivity contribution in [2.75, 3.05) is 0 Å². The number of pyridine rings is 1. The van der Waals surface area contributed by atoms with Crippen molar-refractivity contribution in [3.05, 3.63) is 29.1 Å². The average molecular weight is 229 g/mol.